The molecule has 24 heavy (non-hydrogen) atoms. The van der Waals surface area contributed by atoms with E-state index < -0.39 is 29.7 Å². The van der Waals surface area contributed by atoms with Crippen molar-refractivity contribution in [3.05, 3.63) is 57.7 Å². The van der Waals surface area contributed by atoms with Gasteiger partial charge in [-0.2, -0.15) is 16.8 Å². The zero-order valence-electron chi connectivity index (χ0n) is 12.6. The molecule has 2 aliphatic carbocycles. The molecule has 2 N–H and O–H groups in total. The Labute approximate surface area is 150 Å². The van der Waals surface area contributed by atoms with Crippen LogP contribution in [-0.4, -0.2) is 35.4 Å². The third kappa shape index (κ3) is 3.02. The molecule has 2 aliphatic rings. The second-order valence-electron chi connectivity index (χ2n) is 5.72. The van der Waals surface area contributed by atoms with E-state index in [2.05, 4.69) is 0 Å². The molecule has 0 fully saturated rings. The fraction of sp³-hybridized carbons (Fsp3) is 0.286. The van der Waals surface area contributed by atoms with Crippen LogP contribution >= 0.6 is 23.2 Å². The fourth-order valence-corrected chi connectivity index (χ4v) is 4.73. The van der Waals surface area contributed by atoms with Crippen LogP contribution in [0.2, 0.25) is 0 Å². The smallest absolute Gasteiger partial charge is 0.278 e. The molecule has 0 aliphatic heterocycles. The maximum atomic E-state index is 11.9. The fourth-order valence-electron chi connectivity index (χ4n) is 2.58. The topological polar surface area (TPSA) is 109 Å². The number of halogens is 2. The highest BCUT2D eigenvalue weighted by Gasteiger charge is 2.48. The van der Waals surface area contributed by atoms with Gasteiger partial charge in [0.25, 0.3) is 20.2 Å². The van der Waals surface area contributed by atoms with Crippen LogP contribution in [0.3, 0.4) is 0 Å². The van der Waals surface area contributed by atoms with Crippen molar-refractivity contribution in [2.45, 2.75) is 23.3 Å². The van der Waals surface area contributed by atoms with Crippen molar-refractivity contribution in [1.82, 2.24) is 0 Å². The van der Waals surface area contributed by atoms with Crippen LogP contribution in [0.1, 0.15) is 13.8 Å². The average molecular weight is 413 g/mol. The molecule has 0 amide bonds. The summed E-state index contributed by atoms with van der Waals surface area (Å²) in [6.07, 6.45) is 7.46. The summed E-state index contributed by atoms with van der Waals surface area (Å²) in [4.78, 5) is 0. The molecule has 6 nitrogen and oxygen atoms in total. The van der Waals surface area contributed by atoms with Crippen LogP contribution in [-0.2, 0) is 20.2 Å². The van der Waals surface area contributed by atoms with Gasteiger partial charge in [-0.15, -0.1) is 0 Å². The molecule has 0 aromatic carbocycles. The Hall–Kier alpha value is -0.900. The highest BCUT2D eigenvalue weighted by Crippen LogP contribution is 2.43. The minimum absolute atomic E-state index is 0.0498. The van der Waals surface area contributed by atoms with Crippen LogP contribution in [0.4, 0.5) is 0 Å². The van der Waals surface area contributed by atoms with Crippen LogP contribution in [0.15, 0.2) is 57.7 Å². The van der Waals surface area contributed by atoms with Crippen LogP contribution in [0.25, 0.3) is 0 Å². The third-order valence-electron chi connectivity index (χ3n) is 4.08. The zero-order valence-corrected chi connectivity index (χ0v) is 15.7. The Bertz CT molecular complexity index is 875. The molecular weight excluding hydrogens is 399 g/mol. The first kappa shape index (κ1) is 19.4. The lowest BCUT2D eigenvalue weighted by Crippen LogP contribution is -2.42. The molecule has 2 rings (SSSR count). The molecule has 0 radical (unpaired) electrons. The SMILES string of the molecule is CC1(S(=O)(=O)O)C=C(Cl)C=CC1=C1C=CC(Cl)=CC1(C)S(=O)(=O)O. The van der Waals surface area contributed by atoms with Crippen molar-refractivity contribution in [3.8, 4) is 0 Å². The molecule has 10 heteroatoms. The zero-order chi connectivity index (χ0) is 18.6. The largest absolute Gasteiger partial charge is 0.285 e. The number of allylic oxidation sites excluding steroid dienone is 6. The lowest BCUT2D eigenvalue weighted by atomic mass is 9.83. The summed E-state index contributed by atoms with van der Waals surface area (Å²) >= 11 is 11.7. The van der Waals surface area contributed by atoms with E-state index in [4.69, 9.17) is 23.2 Å². The van der Waals surface area contributed by atoms with E-state index in [9.17, 15) is 25.9 Å². The van der Waals surface area contributed by atoms with Gasteiger partial charge in [0.15, 0.2) is 0 Å². The predicted molar refractivity (Wildman–Crippen MR) is 93.1 cm³/mol. The summed E-state index contributed by atoms with van der Waals surface area (Å²) < 4.78 is 63.1. The Kier molecular flexibility index (Phi) is 4.71. The van der Waals surface area contributed by atoms with Gasteiger partial charge < -0.3 is 0 Å². The number of hydrogen-bond donors (Lipinski definition) is 2. The first-order valence-electron chi connectivity index (χ1n) is 6.54. The molecule has 2 unspecified atom stereocenters. The maximum absolute atomic E-state index is 11.9. The van der Waals surface area contributed by atoms with Crippen molar-refractivity contribution >= 4 is 43.4 Å². The molecule has 0 saturated carbocycles. The summed E-state index contributed by atoms with van der Waals surface area (Å²) in [7, 11) is -9.40. The summed E-state index contributed by atoms with van der Waals surface area (Å²) in [5.41, 5.74) is -0.0996. The van der Waals surface area contributed by atoms with Gasteiger partial charge >= 0.3 is 0 Å². The van der Waals surface area contributed by atoms with E-state index in [-0.39, 0.29) is 21.2 Å². The van der Waals surface area contributed by atoms with Crippen molar-refractivity contribution in [1.29, 1.82) is 0 Å². The quantitative estimate of drug-likeness (QED) is 0.674. The second kappa shape index (κ2) is 5.82. The second-order valence-corrected chi connectivity index (χ2v) is 10.2. The summed E-state index contributed by atoms with van der Waals surface area (Å²) in [5, 5.41) is 0.114. The van der Waals surface area contributed by atoms with Crippen LogP contribution in [0, 0.1) is 0 Å². The monoisotopic (exact) mass is 412 g/mol. The maximum Gasteiger partial charge on any atom is 0.278 e. The Morgan fingerprint density at radius 1 is 0.750 bits per heavy atom. The highest BCUT2D eigenvalue weighted by molar-refractivity contribution is 7.88. The number of hydrogen-bond acceptors (Lipinski definition) is 4. The number of rotatable bonds is 2. The Morgan fingerprint density at radius 3 is 1.29 bits per heavy atom. The normalized spacial score (nSPS) is 34.1. The van der Waals surface area contributed by atoms with E-state index in [1.165, 1.54) is 38.2 Å². The molecule has 2 atom stereocenters. The van der Waals surface area contributed by atoms with E-state index in [0.29, 0.717) is 0 Å². The standard InChI is InChI=1S/C14H14Cl2O6S2/c1-13(23(17,18)19)7-9(15)3-5-11(13)12-6-4-10(16)8-14(12,2)24(20,21)22/h3-8H,1-2H3,(H,17,18,19)(H,20,21,22). The van der Waals surface area contributed by atoms with Gasteiger partial charge in [-0.1, -0.05) is 35.4 Å². The van der Waals surface area contributed by atoms with Gasteiger partial charge in [-0.3, -0.25) is 9.11 Å². The predicted octanol–water partition coefficient (Wildman–Crippen LogP) is 2.96. The van der Waals surface area contributed by atoms with E-state index in [1.807, 2.05) is 0 Å². The van der Waals surface area contributed by atoms with Gasteiger partial charge in [0, 0.05) is 10.1 Å². The van der Waals surface area contributed by atoms with Gasteiger partial charge in [0.2, 0.25) is 0 Å². The van der Waals surface area contributed by atoms with Gasteiger partial charge in [-0.05, 0) is 49.3 Å². The Morgan fingerprint density at radius 2 is 1.04 bits per heavy atom. The summed E-state index contributed by atoms with van der Waals surface area (Å²) in [5.74, 6) is 0. The van der Waals surface area contributed by atoms with Crippen LogP contribution < -0.4 is 0 Å². The van der Waals surface area contributed by atoms with E-state index >= 15 is 0 Å². The molecule has 0 bridgehead atoms. The first-order chi connectivity index (χ1) is 10.7. The van der Waals surface area contributed by atoms with Crippen molar-refractivity contribution in [3.63, 3.8) is 0 Å². The molecule has 0 spiro atoms. The minimum atomic E-state index is -4.70. The molecule has 132 valence electrons. The van der Waals surface area contributed by atoms with Crippen molar-refractivity contribution in [2.24, 2.45) is 0 Å². The van der Waals surface area contributed by atoms with E-state index in [1.54, 1.807) is 0 Å². The van der Waals surface area contributed by atoms with Gasteiger partial charge in [-0.25, -0.2) is 0 Å². The van der Waals surface area contributed by atoms with Gasteiger partial charge in [0.1, 0.15) is 9.49 Å². The lowest BCUT2D eigenvalue weighted by molar-refractivity contribution is 0.456. The van der Waals surface area contributed by atoms with Crippen molar-refractivity contribution < 1.29 is 25.9 Å². The summed E-state index contributed by atoms with van der Waals surface area (Å²) in [6, 6.07) is 0. The molecular formula is C14H14Cl2O6S2. The molecule has 0 heterocycles. The molecule has 0 aromatic rings. The summed E-state index contributed by atoms with van der Waals surface area (Å²) in [6.45, 7) is 2.35. The van der Waals surface area contributed by atoms with E-state index in [0.717, 1.165) is 12.2 Å². The average Bonchev–Trinajstić information content (AvgIpc) is 2.37. The highest BCUT2D eigenvalue weighted by atomic mass is 35.5. The lowest BCUT2D eigenvalue weighted by Gasteiger charge is -2.35. The van der Waals surface area contributed by atoms with Gasteiger partial charge in [0.05, 0.1) is 0 Å². The molecule has 0 saturated heterocycles. The van der Waals surface area contributed by atoms with Crippen LogP contribution in [0.5, 0.6) is 0 Å². The minimum Gasteiger partial charge on any atom is -0.285 e. The van der Waals surface area contributed by atoms with Crippen molar-refractivity contribution in [2.75, 3.05) is 0 Å². The molecule has 0 aromatic heterocycles. The third-order valence-corrected chi connectivity index (χ3v) is 7.37. The first-order valence-corrected chi connectivity index (χ1v) is 10.2. The Balaban J connectivity index is 2.92.